The van der Waals surface area contributed by atoms with Gasteiger partial charge in [-0.25, -0.2) is 9.87 Å². The summed E-state index contributed by atoms with van der Waals surface area (Å²) in [4.78, 5) is 24.0. The first-order chi connectivity index (χ1) is 12.2. The van der Waals surface area contributed by atoms with Crippen LogP contribution in [0.3, 0.4) is 0 Å². The number of rotatable bonds is 4. The zero-order valence-corrected chi connectivity index (χ0v) is 14.5. The van der Waals surface area contributed by atoms with E-state index in [1.54, 1.807) is 0 Å². The molecule has 2 amide bonds. The van der Waals surface area contributed by atoms with Gasteiger partial charge in [0.05, 0.1) is 5.56 Å². The summed E-state index contributed by atoms with van der Waals surface area (Å²) < 4.78 is 14.2. The number of carbonyl (C=O) groups is 2. The van der Waals surface area contributed by atoms with Gasteiger partial charge in [-0.15, -0.1) is 0 Å². The number of hydroxylamine groups is 1. The molecule has 1 aromatic rings. The fourth-order valence-electron chi connectivity index (χ4n) is 2.11. The summed E-state index contributed by atoms with van der Waals surface area (Å²) in [5.41, 5.74) is 6.20. The molecule has 0 aliphatic heterocycles. The average molecular weight is 357 g/mol. The predicted octanol–water partition coefficient (Wildman–Crippen LogP) is 0.932. The Kier molecular flexibility index (Phi) is 5.99. The maximum absolute atomic E-state index is 14.2. The molecule has 5 N–H and O–H groups in total. The van der Waals surface area contributed by atoms with Gasteiger partial charge in [0.2, 0.25) is 0 Å². The van der Waals surface area contributed by atoms with Gasteiger partial charge in [-0.1, -0.05) is 11.8 Å². The molecule has 2 rings (SSSR count). The quantitative estimate of drug-likeness (QED) is 0.366. The normalized spacial score (nSPS) is 14.2. The van der Waals surface area contributed by atoms with Crippen LogP contribution < -0.4 is 16.5 Å². The van der Waals surface area contributed by atoms with Crippen molar-refractivity contribution in [2.45, 2.75) is 38.3 Å². The number of nitrogens with two attached hydrogens (primary N) is 1. The topological polar surface area (TPSA) is 104 Å². The maximum Gasteiger partial charge on any atom is 0.267 e. The second kappa shape index (κ2) is 8.01. The van der Waals surface area contributed by atoms with Crippen molar-refractivity contribution in [1.29, 1.82) is 0 Å². The summed E-state index contributed by atoms with van der Waals surface area (Å²) in [6.45, 7) is 2.98. The highest BCUT2D eigenvalue weighted by molar-refractivity contribution is 5.98. The van der Waals surface area contributed by atoms with E-state index in [9.17, 15) is 14.0 Å². The lowest BCUT2D eigenvalue weighted by Crippen LogP contribution is -2.61. The molecule has 0 bridgehead atoms. The highest BCUT2D eigenvalue weighted by Gasteiger charge is 2.34. The summed E-state index contributed by atoms with van der Waals surface area (Å²) in [7, 11) is 0. The molecule has 6 nitrogen and oxygen atoms in total. The van der Waals surface area contributed by atoms with Crippen molar-refractivity contribution in [3.8, 4) is 23.7 Å². The smallest absolute Gasteiger partial charge is 0.267 e. The molecule has 1 fully saturated rings. The molecular formula is C19H20FN3O3. The Morgan fingerprint density at radius 1 is 1.35 bits per heavy atom. The lowest BCUT2D eigenvalue weighted by molar-refractivity contribution is -0.132. The van der Waals surface area contributed by atoms with Gasteiger partial charge in [0.1, 0.15) is 11.9 Å². The molecule has 0 heterocycles. The third-order valence-corrected chi connectivity index (χ3v) is 3.73. The molecule has 1 atom stereocenters. The monoisotopic (exact) mass is 357 g/mol. The van der Waals surface area contributed by atoms with Crippen LogP contribution in [0.15, 0.2) is 18.2 Å². The molecule has 0 radical (unpaired) electrons. The number of hydrogen-bond acceptors (Lipinski definition) is 4. The van der Waals surface area contributed by atoms with Crippen LogP contribution in [0.2, 0.25) is 0 Å². The van der Waals surface area contributed by atoms with Crippen LogP contribution in [-0.2, 0) is 4.79 Å². The SMILES string of the molecule is CC(C)(N)[C@H](NC(=O)c1ccc(C#CC#CC2CC2)cc1F)C(=O)NO. The van der Waals surface area contributed by atoms with Crippen molar-refractivity contribution in [1.82, 2.24) is 10.8 Å². The van der Waals surface area contributed by atoms with Crippen LogP contribution >= 0.6 is 0 Å². The third-order valence-electron chi connectivity index (χ3n) is 3.73. The van der Waals surface area contributed by atoms with Gasteiger partial charge in [-0.05, 0) is 56.7 Å². The van der Waals surface area contributed by atoms with Crippen molar-refractivity contribution in [3.63, 3.8) is 0 Å². The predicted molar refractivity (Wildman–Crippen MR) is 93.2 cm³/mol. The standard InChI is InChI=1S/C19H20FN3O3/c1-19(2,21)16(18(25)23-26)22-17(24)14-10-9-13(11-15(14)20)6-4-3-5-12-7-8-12/h9-12,16,26H,7-8,21H2,1-2H3,(H,22,24)(H,23,25)/t16-/m1/s1. The summed E-state index contributed by atoms with van der Waals surface area (Å²) >= 11 is 0. The maximum atomic E-state index is 14.2. The molecule has 0 saturated heterocycles. The third kappa shape index (κ3) is 5.32. The van der Waals surface area contributed by atoms with Crippen LogP contribution in [0.25, 0.3) is 0 Å². The number of hydrogen-bond donors (Lipinski definition) is 4. The molecule has 136 valence electrons. The first-order valence-electron chi connectivity index (χ1n) is 8.07. The summed E-state index contributed by atoms with van der Waals surface area (Å²) in [6.07, 6.45) is 2.20. The van der Waals surface area contributed by atoms with Crippen molar-refractivity contribution in [2.24, 2.45) is 11.7 Å². The number of nitrogens with one attached hydrogen (secondary N) is 2. The van der Waals surface area contributed by atoms with Gasteiger partial charge in [0.25, 0.3) is 11.8 Å². The fraction of sp³-hybridized carbons (Fsp3) is 0.368. The fourth-order valence-corrected chi connectivity index (χ4v) is 2.11. The highest BCUT2D eigenvalue weighted by atomic mass is 19.1. The number of halogens is 1. The van der Waals surface area contributed by atoms with E-state index in [0.717, 1.165) is 18.9 Å². The molecule has 7 heteroatoms. The Morgan fingerprint density at radius 2 is 2.04 bits per heavy atom. The summed E-state index contributed by atoms with van der Waals surface area (Å²) in [5.74, 6) is 8.97. The number of amides is 2. The Hall–Kier alpha value is -2.87. The number of benzene rings is 1. The van der Waals surface area contributed by atoms with Crippen LogP contribution in [0.1, 0.15) is 42.6 Å². The molecule has 0 aromatic heterocycles. The molecule has 1 aliphatic carbocycles. The minimum atomic E-state index is -1.25. The van der Waals surface area contributed by atoms with Crippen LogP contribution in [0.5, 0.6) is 0 Å². The Balaban J connectivity index is 2.13. The highest BCUT2D eigenvalue weighted by Crippen LogP contribution is 2.27. The molecule has 26 heavy (non-hydrogen) atoms. The lowest BCUT2D eigenvalue weighted by Gasteiger charge is -2.29. The average Bonchev–Trinajstić information content (AvgIpc) is 3.39. The van der Waals surface area contributed by atoms with Gasteiger partial charge in [-0.3, -0.25) is 14.8 Å². The number of carbonyl (C=O) groups excluding carboxylic acids is 2. The largest absolute Gasteiger partial charge is 0.338 e. The zero-order valence-electron chi connectivity index (χ0n) is 14.5. The molecule has 1 aliphatic rings. The zero-order chi connectivity index (χ0) is 19.3. The van der Waals surface area contributed by atoms with Crippen LogP contribution in [0, 0.1) is 35.4 Å². The first kappa shape index (κ1) is 19.5. The van der Waals surface area contributed by atoms with Gasteiger partial charge in [0, 0.05) is 17.0 Å². The summed E-state index contributed by atoms with van der Waals surface area (Å²) in [5, 5.41) is 11.1. The molecular weight excluding hydrogens is 337 g/mol. The van der Waals surface area contributed by atoms with E-state index in [1.165, 1.54) is 31.5 Å². The van der Waals surface area contributed by atoms with E-state index in [2.05, 4.69) is 29.0 Å². The second-order valence-electron chi connectivity index (χ2n) is 6.69. The van der Waals surface area contributed by atoms with Crippen molar-refractivity contribution in [2.75, 3.05) is 0 Å². The van der Waals surface area contributed by atoms with E-state index in [0.29, 0.717) is 11.5 Å². The molecule has 0 unspecified atom stereocenters. The summed E-state index contributed by atoms with van der Waals surface area (Å²) in [6, 6.07) is 2.62. The van der Waals surface area contributed by atoms with Crippen LogP contribution in [0.4, 0.5) is 4.39 Å². The van der Waals surface area contributed by atoms with Gasteiger partial charge < -0.3 is 11.1 Å². The van der Waals surface area contributed by atoms with E-state index >= 15 is 0 Å². The van der Waals surface area contributed by atoms with E-state index in [1.807, 2.05) is 0 Å². The molecule has 1 aromatic carbocycles. The van der Waals surface area contributed by atoms with Crippen molar-refractivity contribution < 1.29 is 19.2 Å². The van der Waals surface area contributed by atoms with Gasteiger partial charge >= 0.3 is 0 Å². The second-order valence-corrected chi connectivity index (χ2v) is 6.69. The van der Waals surface area contributed by atoms with Crippen molar-refractivity contribution in [3.05, 3.63) is 35.1 Å². The molecule has 1 saturated carbocycles. The van der Waals surface area contributed by atoms with Gasteiger partial charge in [-0.2, -0.15) is 0 Å². The van der Waals surface area contributed by atoms with E-state index in [4.69, 9.17) is 10.9 Å². The Labute approximate surface area is 151 Å². The van der Waals surface area contributed by atoms with Crippen molar-refractivity contribution >= 4 is 11.8 Å². The minimum Gasteiger partial charge on any atom is -0.338 e. The first-order valence-corrected chi connectivity index (χ1v) is 8.07. The van der Waals surface area contributed by atoms with Crippen LogP contribution in [-0.4, -0.2) is 28.6 Å². The Bertz CT molecular complexity index is 834. The Morgan fingerprint density at radius 3 is 2.58 bits per heavy atom. The molecule has 0 spiro atoms. The van der Waals surface area contributed by atoms with E-state index < -0.39 is 29.2 Å². The van der Waals surface area contributed by atoms with E-state index in [-0.39, 0.29) is 5.56 Å². The minimum absolute atomic E-state index is 0.264. The van der Waals surface area contributed by atoms with Gasteiger partial charge in [0.15, 0.2) is 0 Å². The lowest BCUT2D eigenvalue weighted by atomic mass is 9.95.